The van der Waals surface area contributed by atoms with E-state index in [0.29, 0.717) is 17.5 Å². The molecular formula is C22H23N3O2. The summed E-state index contributed by atoms with van der Waals surface area (Å²) in [6, 6.07) is 17.5. The van der Waals surface area contributed by atoms with Gasteiger partial charge in [-0.15, -0.1) is 0 Å². The molecule has 1 unspecified atom stereocenters. The Labute approximate surface area is 159 Å². The van der Waals surface area contributed by atoms with Crippen LogP contribution in [0.25, 0.3) is 0 Å². The lowest BCUT2D eigenvalue weighted by Gasteiger charge is -2.31. The molecule has 27 heavy (non-hydrogen) atoms. The van der Waals surface area contributed by atoms with Crippen LogP contribution in [0.4, 0.5) is 0 Å². The summed E-state index contributed by atoms with van der Waals surface area (Å²) >= 11 is 0. The third-order valence-corrected chi connectivity index (χ3v) is 4.83. The van der Waals surface area contributed by atoms with Crippen molar-refractivity contribution in [1.29, 1.82) is 5.26 Å². The van der Waals surface area contributed by atoms with Crippen LogP contribution in [0.2, 0.25) is 0 Å². The Hall–Kier alpha value is -3.13. The second-order valence-corrected chi connectivity index (χ2v) is 6.79. The van der Waals surface area contributed by atoms with E-state index in [-0.39, 0.29) is 11.8 Å². The predicted octanol–water partition coefficient (Wildman–Crippen LogP) is 2.91. The highest BCUT2D eigenvalue weighted by atomic mass is 16.2. The smallest absolute Gasteiger partial charge is 0.251 e. The van der Waals surface area contributed by atoms with E-state index in [4.69, 9.17) is 5.26 Å². The van der Waals surface area contributed by atoms with Gasteiger partial charge in [0, 0.05) is 25.1 Å². The molecule has 1 fully saturated rings. The normalized spacial score (nSPS) is 14.9. The lowest BCUT2D eigenvalue weighted by atomic mass is 10.0. The first-order valence-electron chi connectivity index (χ1n) is 9.31. The second kappa shape index (κ2) is 9.00. The van der Waals surface area contributed by atoms with Crippen molar-refractivity contribution in [2.45, 2.75) is 31.7 Å². The molecule has 0 spiro atoms. The van der Waals surface area contributed by atoms with Gasteiger partial charge in [-0.1, -0.05) is 30.3 Å². The summed E-state index contributed by atoms with van der Waals surface area (Å²) in [5.41, 5.74) is 2.03. The molecule has 0 aliphatic carbocycles. The molecule has 138 valence electrons. The molecule has 3 rings (SSSR count). The van der Waals surface area contributed by atoms with Crippen molar-refractivity contribution in [2.75, 3.05) is 13.1 Å². The molecule has 0 saturated carbocycles. The highest BCUT2D eigenvalue weighted by molar-refractivity contribution is 5.97. The Morgan fingerprint density at radius 3 is 2.30 bits per heavy atom. The van der Waals surface area contributed by atoms with Gasteiger partial charge >= 0.3 is 0 Å². The first-order chi connectivity index (χ1) is 13.2. The molecule has 1 atom stereocenters. The van der Waals surface area contributed by atoms with E-state index in [9.17, 15) is 9.59 Å². The molecule has 2 aromatic carbocycles. The van der Waals surface area contributed by atoms with Crippen molar-refractivity contribution in [2.24, 2.45) is 0 Å². The summed E-state index contributed by atoms with van der Waals surface area (Å²) in [5.74, 6) is -0.289. The Kier molecular flexibility index (Phi) is 6.22. The summed E-state index contributed by atoms with van der Waals surface area (Å²) in [4.78, 5) is 27.5. The Morgan fingerprint density at radius 2 is 1.67 bits per heavy atom. The summed E-state index contributed by atoms with van der Waals surface area (Å²) in [5, 5.41) is 11.9. The predicted molar refractivity (Wildman–Crippen MR) is 103 cm³/mol. The van der Waals surface area contributed by atoms with Crippen molar-refractivity contribution in [3.8, 4) is 6.07 Å². The monoisotopic (exact) mass is 361 g/mol. The molecule has 2 amide bonds. The molecule has 1 N–H and O–H groups in total. The van der Waals surface area contributed by atoms with Crippen molar-refractivity contribution >= 4 is 11.8 Å². The van der Waals surface area contributed by atoms with Gasteiger partial charge < -0.3 is 10.2 Å². The highest BCUT2D eigenvalue weighted by Crippen LogP contribution is 2.14. The minimum atomic E-state index is -0.622. The van der Waals surface area contributed by atoms with Gasteiger partial charge in [0.1, 0.15) is 6.04 Å². The highest BCUT2D eigenvalue weighted by Gasteiger charge is 2.27. The van der Waals surface area contributed by atoms with Crippen LogP contribution in [0.15, 0.2) is 54.6 Å². The van der Waals surface area contributed by atoms with Crippen molar-refractivity contribution in [3.05, 3.63) is 71.3 Å². The number of hydrogen-bond acceptors (Lipinski definition) is 3. The average Bonchev–Trinajstić information content (AvgIpc) is 2.74. The van der Waals surface area contributed by atoms with Gasteiger partial charge in [0.2, 0.25) is 5.91 Å². The van der Waals surface area contributed by atoms with Gasteiger partial charge in [-0.2, -0.15) is 5.26 Å². The number of nitriles is 1. The van der Waals surface area contributed by atoms with Crippen LogP contribution in [0.5, 0.6) is 0 Å². The zero-order valence-corrected chi connectivity index (χ0v) is 15.2. The number of amides is 2. The third kappa shape index (κ3) is 4.95. The van der Waals surface area contributed by atoms with Gasteiger partial charge in [-0.05, 0) is 49.1 Å². The van der Waals surface area contributed by atoms with Gasteiger partial charge in [-0.25, -0.2) is 0 Å². The van der Waals surface area contributed by atoms with Crippen LogP contribution in [-0.4, -0.2) is 35.8 Å². The topological polar surface area (TPSA) is 73.2 Å². The fourth-order valence-electron chi connectivity index (χ4n) is 3.32. The Balaban J connectivity index is 1.77. The maximum Gasteiger partial charge on any atom is 0.251 e. The van der Waals surface area contributed by atoms with Crippen LogP contribution in [0.1, 0.15) is 40.7 Å². The molecule has 0 radical (unpaired) electrons. The van der Waals surface area contributed by atoms with Crippen LogP contribution >= 0.6 is 0 Å². The molecule has 1 saturated heterocycles. The van der Waals surface area contributed by atoms with E-state index in [1.807, 2.05) is 23.1 Å². The van der Waals surface area contributed by atoms with E-state index in [0.717, 1.165) is 37.9 Å². The van der Waals surface area contributed by atoms with Gasteiger partial charge in [0.05, 0.1) is 11.6 Å². The van der Waals surface area contributed by atoms with Gasteiger partial charge in [0.15, 0.2) is 0 Å². The number of piperidine rings is 1. The largest absolute Gasteiger partial charge is 0.341 e. The second-order valence-electron chi connectivity index (χ2n) is 6.79. The number of nitrogens with zero attached hydrogens (tertiary/aromatic N) is 2. The van der Waals surface area contributed by atoms with Crippen LogP contribution < -0.4 is 5.32 Å². The molecule has 0 aromatic heterocycles. The Bertz CT molecular complexity index is 819. The van der Waals surface area contributed by atoms with Crippen LogP contribution in [-0.2, 0) is 11.2 Å². The van der Waals surface area contributed by atoms with E-state index in [1.54, 1.807) is 36.4 Å². The molecule has 1 heterocycles. The van der Waals surface area contributed by atoms with E-state index in [1.165, 1.54) is 0 Å². The third-order valence-electron chi connectivity index (χ3n) is 4.83. The number of likely N-dealkylation sites (tertiary alicyclic amines) is 1. The quantitative estimate of drug-likeness (QED) is 0.890. The zero-order chi connectivity index (χ0) is 19.1. The molecule has 5 heteroatoms. The van der Waals surface area contributed by atoms with E-state index in [2.05, 4.69) is 11.4 Å². The standard InChI is InChI=1S/C22H23N3O2/c23-16-18-11-9-17(10-12-18)15-20(22(27)25-13-5-2-6-14-25)24-21(26)19-7-3-1-4-8-19/h1,3-4,7-12,20H,2,5-6,13-15H2,(H,24,26). The molecule has 1 aliphatic heterocycles. The van der Waals surface area contributed by atoms with Crippen molar-refractivity contribution < 1.29 is 9.59 Å². The molecule has 0 bridgehead atoms. The lowest BCUT2D eigenvalue weighted by Crippen LogP contribution is -2.51. The number of rotatable bonds is 5. The van der Waals surface area contributed by atoms with Crippen LogP contribution in [0.3, 0.4) is 0 Å². The van der Waals surface area contributed by atoms with Gasteiger partial charge in [-0.3, -0.25) is 9.59 Å². The average molecular weight is 361 g/mol. The number of nitrogens with one attached hydrogen (secondary N) is 1. The number of carbonyl (C=O) groups is 2. The van der Waals surface area contributed by atoms with E-state index >= 15 is 0 Å². The Morgan fingerprint density at radius 1 is 1.00 bits per heavy atom. The van der Waals surface area contributed by atoms with Gasteiger partial charge in [0.25, 0.3) is 5.91 Å². The SMILES string of the molecule is N#Cc1ccc(CC(NC(=O)c2ccccc2)C(=O)N2CCCCC2)cc1. The zero-order valence-electron chi connectivity index (χ0n) is 15.2. The van der Waals surface area contributed by atoms with Crippen molar-refractivity contribution in [1.82, 2.24) is 10.2 Å². The molecule has 1 aliphatic rings. The first kappa shape index (κ1) is 18.7. The van der Waals surface area contributed by atoms with Crippen molar-refractivity contribution in [3.63, 3.8) is 0 Å². The summed E-state index contributed by atoms with van der Waals surface area (Å²) in [6.07, 6.45) is 3.55. The van der Waals surface area contributed by atoms with Crippen LogP contribution in [0, 0.1) is 11.3 Å². The first-order valence-corrected chi connectivity index (χ1v) is 9.31. The fourth-order valence-corrected chi connectivity index (χ4v) is 3.32. The minimum Gasteiger partial charge on any atom is -0.341 e. The van der Waals surface area contributed by atoms with E-state index < -0.39 is 6.04 Å². The molecule has 2 aromatic rings. The fraction of sp³-hybridized carbons (Fsp3) is 0.318. The summed E-state index contributed by atoms with van der Waals surface area (Å²) < 4.78 is 0. The summed E-state index contributed by atoms with van der Waals surface area (Å²) in [7, 11) is 0. The summed E-state index contributed by atoms with van der Waals surface area (Å²) in [6.45, 7) is 1.48. The number of carbonyl (C=O) groups excluding carboxylic acids is 2. The number of benzene rings is 2. The maximum absolute atomic E-state index is 13.1. The number of hydrogen-bond donors (Lipinski definition) is 1. The maximum atomic E-state index is 13.1. The molecular weight excluding hydrogens is 338 g/mol. The lowest BCUT2D eigenvalue weighted by molar-refractivity contribution is -0.134. The minimum absolute atomic E-state index is 0.0386. The molecule has 5 nitrogen and oxygen atoms in total.